The van der Waals surface area contributed by atoms with Gasteiger partial charge in [-0.2, -0.15) is 0 Å². The van der Waals surface area contributed by atoms with Crippen LogP contribution in [0.15, 0.2) is 67.1 Å². The number of anilines is 3. The minimum atomic E-state index is -0.368. The van der Waals surface area contributed by atoms with Gasteiger partial charge in [0.2, 0.25) is 0 Å². The molecule has 0 aliphatic carbocycles. The zero-order valence-electron chi connectivity index (χ0n) is 19.0. The molecule has 0 unspecified atom stereocenters. The number of hydrogen-bond donors (Lipinski definition) is 3. The number of nitrogen functional groups attached to an aromatic ring is 1. The molecule has 7 nitrogen and oxygen atoms in total. The van der Waals surface area contributed by atoms with Gasteiger partial charge in [0.15, 0.2) is 0 Å². The fourth-order valence-corrected chi connectivity index (χ4v) is 4.31. The summed E-state index contributed by atoms with van der Waals surface area (Å²) in [6.45, 7) is 6.36. The lowest BCUT2D eigenvalue weighted by Gasteiger charge is -2.10. The minimum Gasteiger partial charge on any atom is -0.383 e. The molecule has 0 atom stereocenters. The van der Waals surface area contributed by atoms with Crippen LogP contribution in [0.5, 0.6) is 0 Å². The van der Waals surface area contributed by atoms with E-state index in [9.17, 15) is 9.18 Å². The van der Waals surface area contributed by atoms with Crippen molar-refractivity contribution in [2.45, 2.75) is 13.5 Å². The Labute approximate surface area is 205 Å². The average Bonchev–Trinajstić information content (AvgIpc) is 3.33. The topological polar surface area (TPSA) is 106 Å². The van der Waals surface area contributed by atoms with Crippen LogP contribution in [-0.2, 0) is 6.54 Å². The highest BCUT2D eigenvalue weighted by Gasteiger charge is 2.13. The van der Waals surface area contributed by atoms with Crippen LogP contribution in [0.25, 0.3) is 18.2 Å². The van der Waals surface area contributed by atoms with Crippen LogP contribution in [-0.4, -0.2) is 20.9 Å². The van der Waals surface area contributed by atoms with Crippen molar-refractivity contribution in [3.05, 3.63) is 98.8 Å². The number of pyridine rings is 1. The predicted molar refractivity (Wildman–Crippen MR) is 140 cm³/mol. The number of aromatic nitrogens is 3. The second-order valence-corrected chi connectivity index (χ2v) is 8.66. The monoisotopic (exact) mass is 486 g/mol. The number of thiophene rings is 1. The van der Waals surface area contributed by atoms with Crippen molar-refractivity contribution in [3.63, 3.8) is 0 Å². The van der Waals surface area contributed by atoms with Gasteiger partial charge < -0.3 is 16.4 Å². The third kappa shape index (κ3) is 5.77. The quantitative estimate of drug-likeness (QED) is 0.367. The van der Waals surface area contributed by atoms with Gasteiger partial charge in [0.25, 0.3) is 5.91 Å². The zero-order chi connectivity index (χ0) is 24.8. The summed E-state index contributed by atoms with van der Waals surface area (Å²) in [5.74, 6) is 0.129. The van der Waals surface area contributed by atoms with Crippen molar-refractivity contribution in [1.82, 2.24) is 15.0 Å². The molecule has 0 bridgehead atoms. The maximum atomic E-state index is 13.1. The van der Waals surface area contributed by atoms with E-state index in [2.05, 4.69) is 32.2 Å². The Morgan fingerprint density at radius 3 is 2.69 bits per heavy atom. The van der Waals surface area contributed by atoms with Crippen molar-refractivity contribution in [2.24, 2.45) is 0 Å². The Bertz CT molecular complexity index is 1500. The second kappa shape index (κ2) is 10.7. The molecule has 0 spiro atoms. The summed E-state index contributed by atoms with van der Waals surface area (Å²) in [6.07, 6.45) is 6.93. The van der Waals surface area contributed by atoms with E-state index < -0.39 is 0 Å². The van der Waals surface area contributed by atoms with Crippen molar-refractivity contribution < 1.29 is 9.18 Å². The van der Waals surface area contributed by atoms with Crippen LogP contribution in [0.2, 0.25) is 0 Å². The lowest BCUT2D eigenvalue weighted by Crippen LogP contribution is -2.30. The van der Waals surface area contributed by atoms with Crippen LogP contribution in [0.1, 0.15) is 27.0 Å². The highest BCUT2D eigenvalue weighted by atomic mass is 32.1. The summed E-state index contributed by atoms with van der Waals surface area (Å²) in [6, 6.07) is 13.0. The first kappa shape index (κ1) is 23.8. The number of benzene rings is 1. The van der Waals surface area contributed by atoms with E-state index in [4.69, 9.17) is 5.73 Å². The smallest absolute Gasteiger partial charge is 0.259 e. The molecule has 0 aliphatic heterocycles. The van der Waals surface area contributed by atoms with Crippen molar-refractivity contribution >= 4 is 52.8 Å². The third-order valence-corrected chi connectivity index (χ3v) is 6.27. The van der Waals surface area contributed by atoms with Crippen LogP contribution < -0.4 is 26.9 Å². The van der Waals surface area contributed by atoms with E-state index >= 15 is 0 Å². The number of nitrogens with zero attached hydrogens (tertiary/aromatic N) is 3. The molecule has 4 N–H and O–H groups in total. The molecular formula is C26H23FN6OS. The lowest BCUT2D eigenvalue weighted by molar-refractivity contribution is 0.102. The molecule has 176 valence electrons. The van der Waals surface area contributed by atoms with E-state index in [0.29, 0.717) is 40.0 Å². The van der Waals surface area contributed by atoms with Crippen LogP contribution in [0.4, 0.5) is 21.7 Å². The third-order valence-electron chi connectivity index (χ3n) is 5.14. The standard InChI is InChI=1S/C26H23FN6OS/c1-3-17(13-22-16(2)31-15-32-24(22)28)23-11-10-20(35-23)14-30-25-21(5-4-12-29-25)26(34)33-19-8-6-18(27)7-9-19/h3-13,15H,2,14H2,1H3,(H,29,30)(H,33,34)(H2,28,31,32)/b17-3+,22-13+. The van der Waals surface area contributed by atoms with Gasteiger partial charge in [0, 0.05) is 26.9 Å². The molecule has 35 heavy (non-hydrogen) atoms. The van der Waals surface area contributed by atoms with E-state index in [1.807, 2.05) is 31.2 Å². The Balaban J connectivity index is 1.49. The number of hydrogen-bond acceptors (Lipinski definition) is 7. The first-order chi connectivity index (χ1) is 16.9. The SMILES string of the molecule is C=c1ncnc(N)/c1=C/C(=C\C)c1ccc(CNc2ncccc2C(=O)Nc2ccc(F)cc2)s1. The van der Waals surface area contributed by atoms with Gasteiger partial charge in [-0.3, -0.25) is 4.79 Å². The van der Waals surface area contributed by atoms with Gasteiger partial charge in [-0.1, -0.05) is 12.7 Å². The van der Waals surface area contributed by atoms with Crippen LogP contribution in [0.3, 0.4) is 0 Å². The number of carbonyl (C=O) groups excluding carboxylic acids is 1. The lowest BCUT2D eigenvalue weighted by atomic mass is 10.1. The first-order valence-electron chi connectivity index (χ1n) is 10.7. The van der Waals surface area contributed by atoms with Gasteiger partial charge in [0.05, 0.1) is 17.5 Å². The number of nitrogens with one attached hydrogen (secondary N) is 2. The summed E-state index contributed by atoms with van der Waals surface area (Å²) >= 11 is 1.61. The number of allylic oxidation sites excluding steroid dienone is 2. The van der Waals surface area contributed by atoms with Gasteiger partial charge in [0.1, 0.15) is 23.8 Å². The van der Waals surface area contributed by atoms with Crippen molar-refractivity contribution in [1.29, 1.82) is 0 Å². The Morgan fingerprint density at radius 2 is 1.94 bits per heavy atom. The molecule has 1 aromatic carbocycles. The maximum Gasteiger partial charge on any atom is 0.259 e. The number of amides is 1. The fourth-order valence-electron chi connectivity index (χ4n) is 3.32. The molecular weight excluding hydrogens is 463 g/mol. The highest BCUT2D eigenvalue weighted by molar-refractivity contribution is 7.13. The van der Waals surface area contributed by atoms with Gasteiger partial charge in [-0.05, 0) is 67.1 Å². The van der Waals surface area contributed by atoms with E-state index in [1.54, 1.807) is 29.7 Å². The molecule has 0 saturated carbocycles. The average molecular weight is 487 g/mol. The summed E-state index contributed by atoms with van der Waals surface area (Å²) in [5.41, 5.74) is 7.86. The number of halogens is 1. The second-order valence-electron chi connectivity index (χ2n) is 7.49. The van der Waals surface area contributed by atoms with Crippen molar-refractivity contribution in [2.75, 3.05) is 16.4 Å². The first-order valence-corrected chi connectivity index (χ1v) is 11.5. The maximum absolute atomic E-state index is 13.1. The van der Waals surface area contributed by atoms with E-state index in [0.717, 1.165) is 15.3 Å². The summed E-state index contributed by atoms with van der Waals surface area (Å²) in [7, 11) is 0. The molecule has 3 heterocycles. The summed E-state index contributed by atoms with van der Waals surface area (Å²) in [4.78, 5) is 27.4. The molecule has 9 heteroatoms. The Morgan fingerprint density at radius 1 is 1.14 bits per heavy atom. The largest absolute Gasteiger partial charge is 0.383 e. The normalized spacial score (nSPS) is 11.9. The molecule has 0 fully saturated rings. The molecule has 0 radical (unpaired) electrons. The molecule has 4 aromatic rings. The van der Waals surface area contributed by atoms with Gasteiger partial charge >= 0.3 is 0 Å². The fraction of sp³-hybridized carbons (Fsp3) is 0.0769. The van der Waals surface area contributed by atoms with E-state index in [-0.39, 0.29) is 11.7 Å². The molecule has 0 saturated heterocycles. The predicted octanol–water partition coefficient (Wildman–Crippen LogP) is 3.81. The van der Waals surface area contributed by atoms with Crippen molar-refractivity contribution in [3.8, 4) is 0 Å². The Hall–Kier alpha value is -4.37. The summed E-state index contributed by atoms with van der Waals surface area (Å²) in [5, 5.41) is 7.27. The Kier molecular flexibility index (Phi) is 7.27. The summed E-state index contributed by atoms with van der Waals surface area (Å²) < 4.78 is 13.1. The molecule has 1 amide bonds. The molecule has 3 aromatic heterocycles. The molecule has 0 aliphatic rings. The van der Waals surface area contributed by atoms with E-state index in [1.165, 1.54) is 30.6 Å². The highest BCUT2D eigenvalue weighted by Crippen LogP contribution is 2.26. The van der Waals surface area contributed by atoms with Gasteiger partial charge in [-0.15, -0.1) is 11.3 Å². The zero-order valence-corrected chi connectivity index (χ0v) is 19.8. The number of rotatable bonds is 7. The number of nitrogens with two attached hydrogens (primary N) is 1. The van der Waals surface area contributed by atoms with Crippen LogP contribution >= 0.6 is 11.3 Å². The van der Waals surface area contributed by atoms with Gasteiger partial charge in [-0.25, -0.2) is 19.3 Å². The minimum absolute atomic E-state index is 0.337. The van der Waals surface area contributed by atoms with Crippen LogP contribution in [0, 0.1) is 5.82 Å². The number of carbonyl (C=O) groups is 1. The molecule has 4 rings (SSSR count).